The van der Waals surface area contributed by atoms with Crippen LogP contribution >= 0.6 is 11.8 Å². The van der Waals surface area contributed by atoms with Crippen LogP contribution < -0.4 is 30.2 Å². The summed E-state index contributed by atoms with van der Waals surface area (Å²) in [6.07, 6.45) is 1.49. The third-order valence-corrected chi connectivity index (χ3v) is 9.06. The highest BCUT2D eigenvalue weighted by Crippen LogP contribution is 2.38. The topological polar surface area (TPSA) is 132 Å². The van der Waals surface area contributed by atoms with Gasteiger partial charge in [-0.2, -0.15) is 0 Å². The van der Waals surface area contributed by atoms with Crippen molar-refractivity contribution in [3.63, 3.8) is 0 Å². The van der Waals surface area contributed by atoms with Gasteiger partial charge in [0.2, 0.25) is 5.91 Å². The van der Waals surface area contributed by atoms with Crippen molar-refractivity contribution in [2.24, 2.45) is 0 Å². The van der Waals surface area contributed by atoms with Gasteiger partial charge in [-0.15, -0.1) is 11.8 Å². The van der Waals surface area contributed by atoms with Gasteiger partial charge < -0.3 is 30.2 Å². The fourth-order valence-electron chi connectivity index (χ4n) is 5.14. The van der Waals surface area contributed by atoms with Crippen molar-refractivity contribution in [2.75, 3.05) is 32.0 Å². The van der Waals surface area contributed by atoms with E-state index in [4.69, 9.17) is 14.2 Å². The lowest BCUT2D eigenvalue weighted by atomic mass is 10.1. The highest BCUT2D eigenvalue weighted by Gasteiger charge is 2.23. The van der Waals surface area contributed by atoms with Crippen LogP contribution in [0.5, 0.6) is 17.2 Å². The van der Waals surface area contributed by atoms with Gasteiger partial charge in [0.15, 0.2) is 17.3 Å². The van der Waals surface area contributed by atoms with E-state index in [9.17, 15) is 19.2 Å². The molecule has 264 valence electrons. The van der Waals surface area contributed by atoms with Gasteiger partial charge >= 0.3 is 0 Å². The molecule has 0 aromatic heterocycles. The number of Topliss-reactive ketones (excluding diaryl/α,β-unsaturated/α-hetero) is 1. The molecule has 0 radical (unpaired) electrons. The van der Waals surface area contributed by atoms with Gasteiger partial charge in [-0.25, -0.2) is 0 Å². The number of ether oxygens (including phenoxy) is 3. The van der Waals surface area contributed by atoms with Crippen LogP contribution in [-0.4, -0.2) is 44.8 Å². The van der Waals surface area contributed by atoms with Crippen LogP contribution in [0.3, 0.4) is 0 Å². The average Bonchev–Trinajstić information content (AvgIpc) is 3.17. The summed E-state index contributed by atoms with van der Waals surface area (Å²) in [4.78, 5) is 53.3. The summed E-state index contributed by atoms with van der Waals surface area (Å²) in [6.45, 7) is 1.49. The number of thioether (sulfide) groups is 1. The van der Waals surface area contributed by atoms with Crippen molar-refractivity contribution in [2.45, 2.75) is 17.1 Å². The Labute approximate surface area is 306 Å². The van der Waals surface area contributed by atoms with Gasteiger partial charge in [-0.1, -0.05) is 54.6 Å². The Bertz CT molecular complexity index is 2090. The number of nitrogens with one attached hydrogen (secondary N) is 3. The first-order chi connectivity index (χ1) is 25.2. The van der Waals surface area contributed by atoms with Gasteiger partial charge in [0.05, 0.1) is 21.3 Å². The zero-order chi connectivity index (χ0) is 37.0. The van der Waals surface area contributed by atoms with Crippen molar-refractivity contribution in [1.82, 2.24) is 5.32 Å². The molecule has 0 aliphatic carbocycles. The zero-order valence-electron chi connectivity index (χ0n) is 29.0. The van der Waals surface area contributed by atoms with Gasteiger partial charge in [0.1, 0.15) is 16.7 Å². The summed E-state index contributed by atoms with van der Waals surface area (Å²) in [5, 5.41) is 7.92. The van der Waals surface area contributed by atoms with E-state index in [2.05, 4.69) is 16.0 Å². The predicted molar refractivity (Wildman–Crippen MR) is 203 cm³/mol. The summed E-state index contributed by atoms with van der Waals surface area (Å²) in [6, 6.07) is 34.9. The molecule has 0 spiro atoms. The van der Waals surface area contributed by atoms with Gasteiger partial charge in [0, 0.05) is 39.0 Å². The minimum Gasteiger partial charge on any atom is -0.496 e. The Hall–Kier alpha value is -6.33. The number of carbonyl (C=O) groups excluding carboxylic acids is 4. The van der Waals surface area contributed by atoms with Crippen LogP contribution in [0.15, 0.2) is 132 Å². The summed E-state index contributed by atoms with van der Waals surface area (Å²) in [7, 11) is 4.48. The second kappa shape index (κ2) is 17.6. The van der Waals surface area contributed by atoms with E-state index >= 15 is 0 Å². The van der Waals surface area contributed by atoms with Crippen LogP contribution in [0.1, 0.15) is 44.0 Å². The second-order valence-corrected chi connectivity index (χ2v) is 12.5. The van der Waals surface area contributed by atoms with Crippen molar-refractivity contribution < 1.29 is 33.4 Å². The van der Waals surface area contributed by atoms with E-state index in [0.29, 0.717) is 50.2 Å². The number of amides is 3. The van der Waals surface area contributed by atoms with Gasteiger partial charge in [-0.05, 0) is 79.2 Å². The van der Waals surface area contributed by atoms with E-state index in [1.54, 1.807) is 84.9 Å². The van der Waals surface area contributed by atoms with E-state index in [1.165, 1.54) is 46.1 Å². The Morgan fingerprint density at radius 1 is 0.635 bits per heavy atom. The molecule has 1 atom stereocenters. The molecule has 0 aliphatic heterocycles. The average molecular weight is 716 g/mol. The molecule has 5 rings (SSSR count). The normalized spacial score (nSPS) is 11.5. The third kappa shape index (κ3) is 9.46. The molecule has 10 nitrogen and oxygen atoms in total. The Balaban J connectivity index is 1.42. The predicted octanol–water partition coefficient (Wildman–Crippen LogP) is 7.80. The maximum atomic E-state index is 13.9. The third-order valence-electron chi connectivity index (χ3n) is 7.81. The number of rotatable bonds is 14. The lowest BCUT2D eigenvalue weighted by molar-refractivity contribution is -0.116. The van der Waals surface area contributed by atoms with Crippen LogP contribution in [0.25, 0.3) is 6.08 Å². The monoisotopic (exact) mass is 715 g/mol. The Kier molecular flexibility index (Phi) is 12.5. The summed E-state index contributed by atoms with van der Waals surface area (Å²) < 4.78 is 16.4. The molecule has 0 fully saturated rings. The van der Waals surface area contributed by atoms with Crippen LogP contribution in [0.2, 0.25) is 0 Å². The summed E-state index contributed by atoms with van der Waals surface area (Å²) in [5.74, 6) is -0.205. The quantitative estimate of drug-likeness (QED) is 0.0603. The fraction of sp³-hybridized carbons (Fsp3) is 0.122. The van der Waals surface area contributed by atoms with E-state index in [0.717, 1.165) is 5.56 Å². The molecular weight excluding hydrogens is 679 g/mol. The van der Waals surface area contributed by atoms with E-state index in [1.807, 2.05) is 36.4 Å². The second-order valence-electron chi connectivity index (χ2n) is 11.3. The standard InChI is InChI=1S/C41H37N3O7S/c1-26(45)27-18-20-31(21-19-27)42-41(48)38(28-12-7-5-8-13-28)52-33-17-11-16-32(24-33)43-40(47)34(44-39(46)29-14-9-6-10-15-29)22-30-23-36(50-3)37(51-4)25-35(30)49-2/h5-25,38H,1-4H3,(H,42,48)(H,43,47)(H,44,46)/b34-22+. The van der Waals surface area contributed by atoms with Gasteiger partial charge in [-0.3, -0.25) is 19.2 Å². The molecule has 0 saturated heterocycles. The zero-order valence-corrected chi connectivity index (χ0v) is 29.8. The van der Waals surface area contributed by atoms with E-state index < -0.39 is 17.1 Å². The fourth-order valence-corrected chi connectivity index (χ4v) is 6.23. The molecule has 52 heavy (non-hydrogen) atoms. The van der Waals surface area contributed by atoms with Crippen molar-refractivity contribution in [3.8, 4) is 17.2 Å². The maximum absolute atomic E-state index is 13.9. The highest BCUT2D eigenvalue weighted by atomic mass is 32.2. The van der Waals surface area contributed by atoms with Crippen molar-refractivity contribution in [3.05, 3.63) is 149 Å². The lowest BCUT2D eigenvalue weighted by Crippen LogP contribution is -2.30. The minimum atomic E-state index is -0.655. The molecule has 0 heterocycles. The number of hydrogen-bond acceptors (Lipinski definition) is 8. The molecule has 0 aliphatic rings. The number of ketones is 1. The highest BCUT2D eigenvalue weighted by molar-refractivity contribution is 8.00. The number of hydrogen-bond donors (Lipinski definition) is 3. The number of anilines is 2. The molecule has 0 saturated carbocycles. The number of carbonyl (C=O) groups is 4. The summed E-state index contributed by atoms with van der Waals surface area (Å²) >= 11 is 1.31. The lowest BCUT2D eigenvalue weighted by Gasteiger charge is -2.18. The first kappa shape index (κ1) is 36.9. The van der Waals surface area contributed by atoms with Crippen molar-refractivity contribution >= 4 is 52.7 Å². The smallest absolute Gasteiger partial charge is 0.272 e. The van der Waals surface area contributed by atoms with Crippen LogP contribution in [0.4, 0.5) is 11.4 Å². The number of methoxy groups -OCH3 is 3. The minimum absolute atomic E-state index is 0.0604. The Morgan fingerprint density at radius 3 is 1.90 bits per heavy atom. The SMILES string of the molecule is COc1cc(OC)c(OC)cc1/C=C(/NC(=O)c1ccccc1)C(=O)Nc1cccc(SC(C(=O)Nc2ccc(C(C)=O)cc2)c2ccccc2)c1. The molecule has 3 amide bonds. The molecule has 5 aromatic carbocycles. The van der Waals surface area contributed by atoms with E-state index in [-0.39, 0.29) is 17.4 Å². The Morgan fingerprint density at radius 2 is 1.27 bits per heavy atom. The molecule has 11 heteroatoms. The molecule has 5 aromatic rings. The van der Waals surface area contributed by atoms with Crippen LogP contribution in [-0.2, 0) is 9.59 Å². The first-order valence-electron chi connectivity index (χ1n) is 16.1. The van der Waals surface area contributed by atoms with Crippen molar-refractivity contribution in [1.29, 1.82) is 0 Å². The van der Waals surface area contributed by atoms with Crippen LogP contribution in [0, 0.1) is 0 Å². The molecule has 1 unspecified atom stereocenters. The summed E-state index contributed by atoms with van der Waals surface area (Å²) in [5.41, 5.74) is 3.06. The van der Waals surface area contributed by atoms with Gasteiger partial charge in [0.25, 0.3) is 11.8 Å². The molecular formula is C41H37N3O7S. The first-order valence-corrected chi connectivity index (χ1v) is 17.0. The molecule has 3 N–H and O–H groups in total. The number of benzene rings is 5. The molecule has 0 bridgehead atoms. The largest absolute Gasteiger partial charge is 0.496 e. The maximum Gasteiger partial charge on any atom is 0.272 e.